The van der Waals surface area contributed by atoms with Gasteiger partial charge in [-0.05, 0) is 24.1 Å². The average molecular weight is 294 g/mol. The third kappa shape index (κ3) is 4.11. The van der Waals surface area contributed by atoms with E-state index in [1.54, 1.807) is 12.1 Å². The van der Waals surface area contributed by atoms with E-state index in [2.05, 4.69) is 5.32 Å². The molecule has 6 heteroatoms. The van der Waals surface area contributed by atoms with Crippen molar-refractivity contribution in [2.75, 3.05) is 20.0 Å². The second kappa shape index (κ2) is 7.52. The zero-order valence-electron chi connectivity index (χ0n) is 12.8. The summed E-state index contributed by atoms with van der Waals surface area (Å²) in [7, 11) is 2.78. The molecule has 0 fully saturated rings. The Hall–Kier alpha value is -2.24. The van der Waals surface area contributed by atoms with Gasteiger partial charge in [0.25, 0.3) is 5.91 Å². The van der Waals surface area contributed by atoms with E-state index in [-0.39, 0.29) is 11.8 Å². The van der Waals surface area contributed by atoms with Crippen molar-refractivity contribution >= 4 is 17.6 Å². The van der Waals surface area contributed by atoms with Crippen LogP contribution in [0.4, 0.5) is 5.69 Å². The molecule has 0 aromatic heterocycles. The van der Waals surface area contributed by atoms with E-state index < -0.39 is 12.0 Å². The maximum absolute atomic E-state index is 12.3. The van der Waals surface area contributed by atoms with Crippen molar-refractivity contribution in [1.82, 2.24) is 5.32 Å². The molecule has 0 aliphatic carbocycles. The molecule has 116 valence electrons. The third-order valence-electron chi connectivity index (χ3n) is 3.45. The second-order valence-corrected chi connectivity index (χ2v) is 4.82. The maximum Gasteiger partial charge on any atom is 0.328 e. The number of ether oxygens (including phenoxy) is 2. The summed E-state index contributed by atoms with van der Waals surface area (Å²) >= 11 is 0. The van der Waals surface area contributed by atoms with Crippen LogP contribution in [0.25, 0.3) is 0 Å². The number of hydrogen-bond acceptors (Lipinski definition) is 5. The largest absolute Gasteiger partial charge is 0.495 e. The molecule has 0 aliphatic heterocycles. The van der Waals surface area contributed by atoms with Gasteiger partial charge < -0.3 is 20.5 Å². The van der Waals surface area contributed by atoms with Crippen molar-refractivity contribution in [2.45, 2.75) is 26.3 Å². The van der Waals surface area contributed by atoms with Crippen LogP contribution in [0.2, 0.25) is 0 Å². The number of nitrogens with two attached hydrogens (primary N) is 1. The molecule has 3 N–H and O–H groups in total. The fourth-order valence-corrected chi connectivity index (χ4v) is 1.87. The summed E-state index contributed by atoms with van der Waals surface area (Å²) in [6, 6.07) is 4.02. The van der Waals surface area contributed by atoms with Crippen molar-refractivity contribution in [3.63, 3.8) is 0 Å². The monoisotopic (exact) mass is 294 g/mol. The molecule has 1 aromatic carbocycles. The first-order chi connectivity index (χ1) is 9.94. The van der Waals surface area contributed by atoms with E-state index in [1.165, 1.54) is 20.3 Å². The van der Waals surface area contributed by atoms with Gasteiger partial charge in [0.1, 0.15) is 11.8 Å². The maximum atomic E-state index is 12.3. The number of carbonyl (C=O) groups is 2. The molecular formula is C15H22N2O4. The normalized spacial score (nSPS) is 13.1. The molecule has 0 saturated carbocycles. The minimum absolute atomic E-state index is 0.0305. The van der Waals surface area contributed by atoms with Crippen LogP contribution in [0.1, 0.15) is 30.6 Å². The van der Waals surface area contributed by atoms with Gasteiger partial charge in [0.15, 0.2) is 0 Å². The lowest BCUT2D eigenvalue weighted by atomic mass is 9.99. The summed E-state index contributed by atoms with van der Waals surface area (Å²) in [6.07, 6.45) is 0.741. The Morgan fingerprint density at radius 2 is 2.00 bits per heavy atom. The highest BCUT2D eigenvalue weighted by Crippen LogP contribution is 2.22. The zero-order chi connectivity index (χ0) is 16.0. The number of anilines is 1. The molecule has 0 radical (unpaired) electrons. The number of carbonyl (C=O) groups excluding carboxylic acids is 2. The van der Waals surface area contributed by atoms with Gasteiger partial charge in [-0.1, -0.05) is 20.3 Å². The van der Waals surface area contributed by atoms with E-state index in [9.17, 15) is 9.59 Å². The van der Waals surface area contributed by atoms with Crippen LogP contribution in [-0.2, 0) is 9.53 Å². The first-order valence-electron chi connectivity index (χ1n) is 6.76. The zero-order valence-corrected chi connectivity index (χ0v) is 12.8. The second-order valence-electron chi connectivity index (χ2n) is 4.82. The molecule has 2 atom stereocenters. The Balaban J connectivity index is 2.94. The lowest BCUT2D eigenvalue weighted by Crippen LogP contribution is -2.45. The van der Waals surface area contributed by atoms with Gasteiger partial charge in [0, 0.05) is 5.56 Å². The molecule has 0 saturated heterocycles. The van der Waals surface area contributed by atoms with Gasteiger partial charge >= 0.3 is 5.97 Å². The summed E-state index contributed by atoms with van der Waals surface area (Å²) in [5.41, 5.74) is 6.53. The van der Waals surface area contributed by atoms with E-state index in [1.807, 2.05) is 13.8 Å². The van der Waals surface area contributed by atoms with Crippen molar-refractivity contribution in [2.24, 2.45) is 5.92 Å². The number of amides is 1. The quantitative estimate of drug-likeness (QED) is 0.614. The van der Waals surface area contributed by atoms with Gasteiger partial charge in [-0.3, -0.25) is 4.79 Å². The SMILES string of the molecule is CCC(C)[C@@H](NC(=O)c1ccc(N)c(OC)c1)C(=O)OC. The Morgan fingerprint density at radius 3 is 2.52 bits per heavy atom. The number of esters is 1. The Kier molecular flexibility index (Phi) is 6.02. The minimum atomic E-state index is -0.684. The van der Waals surface area contributed by atoms with E-state index in [4.69, 9.17) is 15.2 Å². The topological polar surface area (TPSA) is 90.7 Å². The Labute approximate surface area is 124 Å². The molecule has 0 spiro atoms. The van der Waals surface area contributed by atoms with Crippen molar-refractivity contribution in [1.29, 1.82) is 0 Å². The summed E-state index contributed by atoms with van der Waals surface area (Å²) in [5, 5.41) is 2.70. The van der Waals surface area contributed by atoms with Gasteiger partial charge in [0.2, 0.25) is 0 Å². The number of hydrogen-bond donors (Lipinski definition) is 2. The molecule has 0 heterocycles. The van der Waals surface area contributed by atoms with Crippen molar-refractivity contribution < 1.29 is 19.1 Å². The summed E-state index contributed by atoms with van der Waals surface area (Å²) in [6.45, 7) is 3.82. The number of benzene rings is 1. The highest BCUT2D eigenvalue weighted by Gasteiger charge is 2.27. The molecule has 0 bridgehead atoms. The molecule has 1 aromatic rings. The van der Waals surface area contributed by atoms with Gasteiger partial charge in [0.05, 0.1) is 19.9 Å². The fourth-order valence-electron chi connectivity index (χ4n) is 1.87. The summed E-state index contributed by atoms with van der Waals surface area (Å²) in [5.74, 6) is -0.443. The lowest BCUT2D eigenvalue weighted by Gasteiger charge is -2.22. The summed E-state index contributed by atoms with van der Waals surface area (Å²) in [4.78, 5) is 24.0. The van der Waals surface area contributed by atoms with Crippen LogP contribution in [0, 0.1) is 5.92 Å². The smallest absolute Gasteiger partial charge is 0.328 e. The fraction of sp³-hybridized carbons (Fsp3) is 0.467. The van der Waals surface area contributed by atoms with Crippen LogP contribution in [0.3, 0.4) is 0 Å². The van der Waals surface area contributed by atoms with E-state index >= 15 is 0 Å². The van der Waals surface area contributed by atoms with E-state index in [0.717, 1.165) is 6.42 Å². The number of rotatable bonds is 6. The molecule has 1 unspecified atom stereocenters. The third-order valence-corrected chi connectivity index (χ3v) is 3.45. The highest BCUT2D eigenvalue weighted by molar-refractivity contribution is 5.97. The molecule has 1 rings (SSSR count). The standard InChI is InChI=1S/C15H22N2O4/c1-5-9(2)13(15(19)21-4)17-14(18)10-6-7-11(16)12(8-10)20-3/h6-9,13H,5,16H2,1-4H3,(H,17,18)/t9?,13-/m1/s1. The van der Waals surface area contributed by atoms with Crippen LogP contribution in [0.15, 0.2) is 18.2 Å². The van der Waals surface area contributed by atoms with Crippen LogP contribution in [-0.4, -0.2) is 32.1 Å². The van der Waals surface area contributed by atoms with Crippen molar-refractivity contribution in [3.8, 4) is 5.75 Å². The Morgan fingerprint density at radius 1 is 1.33 bits per heavy atom. The number of nitrogens with one attached hydrogen (secondary N) is 1. The van der Waals surface area contributed by atoms with Crippen LogP contribution < -0.4 is 15.8 Å². The predicted octanol–water partition coefficient (Wildman–Crippen LogP) is 1.59. The predicted molar refractivity (Wildman–Crippen MR) is 80.1 cm³/mol. The Bertz CT molecular complexity index is 516. The lowest BCUT2D eigenvalue weighted by molar-refractivity contribution is -0.144. The molecule has 21 heavy (non-hydrogen) atoms. The number of nitrogen functional groups attached to an aromatic ring is 1. The van der Waals surface area contributed by atoms with E-state index in [0.29, 0.717) is 17.0 Å². The van der Waals surface area contributed by atoms with Crippen molar-refractivity contribution in [3.05, 3.63) is 23.8 Å². The summed E-state index contributed by atoms with van der Waals surface area (Å²) < 4.78 is 9.82. The first kappa shape index (κ1) is 16.8. The van der Waals surface area contributed by atoms with Crippen LogP contribution in [0.5, 0.6) is 5.75 Å². The highest BCUT2D eigenvalue weighted by atomic mass is 16.5. The molecule has 6 nitrogen and oxygen atoms in total. The number of methoxy groups -OCH3 is 2. The molecular weight excluding hydrogens is 272 g/mol. The minimum Gasteiger partial charge on any atom is -0.495 e. The van der Waals surface area contributed by atoms with Gasteiger partial charge in [-0.2, -0.15) is 0 Å². The first-order valence-corrected chi connectivity index (χ1v) is 6.76. The van der Waals surface area contributed by atoms with Gasteiger partial charge in [-0.25, -0.2) is 4.79 Å². The van der Waals surface area contributed by atoms with Crippen LogP contribution >= 0.6 is 0 Å². The average Bonchev–Trinajstić information content (AvgIpc) is 2.51. The molecule has 0 aliphatic rings. The van der Waals surface area contributed by atoms with Gasteiger partial charge in [-0.15, -0.1) is 0 Å². The molecule has 1 amide bonds.